The van der Waals surface area contributed by atoms with Gasteiger partial charge in [-0.3, -0.25) is 0 Å². The average Bonchev–Trinajstić information content (AvgIpc) is 2.96. The molecule has 3 aromatic carbocycles. The number of hydrogen-bond donors (Lipinski definition) is 3. The normalized spacial score (nSPS) is 14.8. The number of piperidine rings is 1. The standard InChI is InChI=1S/C33H44N4O3/c1-22(2)27-19-25(34)20-28(23(3)4)31(27)36-32(38)35-21-33(24-10-9-11-26(18-24)39-5)14-16-37(17-15-33)29-12-7-8-13-30(29)40-6/h7-13,18-20,22-23H,14-17,21,34H2,1-6H3,(H2,35,36,38). The minimum Gasteiger partial charge on any atom is -0.497 e. The van der Waals surface area contributed by atoms with E-state index in [1.165, 1.54) is 5.56 Å². The smallest absolute Gasteiger partial charge is 0.319 e. The molecule has 0 saturated carbocycles. The van der Waals surface area contributed by atoms with Gasteiger partial charge in [0.1, 0.15) is 11.5 Å². The Morgan fingerprint density at radius 1 is 0.925 bits per heavy atom. The molecule has 40 heavy (non-hydrogen) atoms. The van der Waals surface area contributed by atoms with Crippen LogP contribution in [0.3, 0.4) is 0 Å². The summed E-state index contributed by atoms with van der Waals surface area (Å²) >= 11 is 0. The highest BCUT2D eigenvalue weighted by molar-refractivity contribution is 5.92. The summed E-state index contributed by atoms with van der Waals surface area (Å²) in [5, 5.41) is 6.43. The van der Waals surface area contributed by atoms with Gasteiger partial charge in [0.2, 0.25) is 0 Å². The van der Waals surface area contributed by atoms with Crippen molar-refractivity contribution in [1.29, 1.82) is 0 Å². The Bertz CT molecular complexity index is 1280. The molecule has 0 unspecified atom stereocenters. The number of carbonyl (C=O) groups is 1. The van der Waals surface area contributed by atoms with Gasteiger partial charge in [-0.2, -0.15) is 0 Å². The third-order valence-electron chi connectivity index (χ3n) is 8.12. The van der Waals surface area contributed by atoms with Gasteiger partial charge in [0.25, 0.3) is 0 Å². The second kappa shape index (κ2) is 12.5. The van der Waals surface area contributed by atoms with Crippen LogP contribution >= 0.6 is 0 Å². The van der Waals surface area contributed by atoms with Gasteiger partial charge in [0.05, 0.1) is 19.9 Å². The molecule has 0 atom stereocenters. The zero-order valence-electron chi connectivity index (χ0n) is 24.7. The van der Waals surface area contributed by atoms with Crippen molar-refractivity contribution in [2.75, 3.05) is 49.8 Å². The van der Waals surface area contributed by atoms with Crippen molar-refractivity contribution < 1.29 is 14.3 Å². The molecule has 2 amide bonds. The molecule has 4 rings (SSSR count). The summed E-state index contributed by atoms with van der Waals surface area (Å²) in [5.41, 5.74) is 11.9. The number of carbonyl (C=O) groups excluding carboxylic acids is 1. The number of para-hydroxylation sites is 2. The largest absolute Gasteiger partial charge is 0.497 e. The van der Waals surface area contributed by atoms with Crippen molar-refractivity contribution in [1.82, 2.24) is 5.32 Å². The van der Waals surface area contributed by atoms with Gasteiger partial charge in [0, 0.05) is 36.4 Å². The number of urea groups is 1. The molecule has 1 fully saturated rings. The second-order valence-electron chi connectivity index (χ2n) is 11.4. The van der Waals surface area contributed by atoms with E-state index >= 15 is 0 Å². The number of methoxy groups -OCH3 is 2. The van der Waals surface area contributed by atoms with Crippen LogP contribution in [0.15, 0.2) is 60.7 Å². The Balaban J connectivity index is 1.58. The minimum absolute atomic E-state index is 0.206. The van der Waals surface area contributed by atoms with E-state index in [-0.39, 0.29) is 23.3 Å². The topological polar surface area (TPSA) is 88.8 Å². The number of benzene rings is 3. The van der Waals surface area contributed by atoms with E-state index in [4.69, 9.17) is 15.2 Å². The number of rotatable bonds is 9. The van der Waals surface area contributed by atoms with Gasteiger partial charge in [-0.05, 0) is 77.8 Å². The maximum absolute atomic E-state index is 13.5. The molecule has 0 aromatic heterocycles. The van der Waals surface area contributed by atoms with Crippen LogP contribution in [-0.4, -0.2) is 39.9 Å². The lowest BCUT2D eigenvalue weighted by atomic mass is 9.72. The predicted molar refractivity (Wildman–Crippen MR) is 165 cm³/mol. The number of anilines is 3. The average molecular weight is 545 g/mol. The monoisotopic (exact) mass is 544 g/mol. The van der Waals surface area contributed by atoms with E-state index in [1.54, 1.807) is 14.2 Å². The molecular weight excluding hydrogens is 500 g/mol. The van der Waals surface area contributed by atoms with Crippen molar-refractivity contribution in [2.24, 2.45) is 0 Å². The van der Waals surface area contributed by atoms with Gasteiger partial charge in [-0.15, -0.1) is 0 Å². The van der Waals surface area contributed by atoms with Crippen LogP contribution < -0.4 is 30.7 Å². The Kier molecular flexibility index (Phi) is 9.13. The summed E-state index contributed by atoms with van der Waals surface area (Å²) in [6, 6.07) is 20.1. The van der Waals surface area contributed by atoms with Crippen LogP contribution in [0, 0.1) is 0 Å². The summed E-state index contributed by atoms with van der Waals surface area (Å²) in [7, 11) is 3.40. The van der Waals surface area contributed by atoms with E-state index in [1.807, 2.05) is 42.5 Å². The molecule has 3 aromatic rings. The fraction of sp³-hybridized carbons (Fsp3) is 0.424. The summed E-state index contributed by atoms with van der Waals surface area (Å²) in [5.74, 6) is 2.13. The van der Waals surface area contributed by atoms with E-state index in [2.05, 4.69) is 61.4 Å². The lowest BCUT2D eigenvalue weighted by molar-refractivity contribution is 0.244. The van der Waals surface area contributed by atoms with Crippen LogP contribution in [0.25, 0.3) is 0 Å². The fourth-order valence-electron chi connectivity index (χ4n) is 5.76. The Morgan fingerprint density at radius 3 is 2.17 bits per heavy atom. The molecule has 1 saturated heterocycles. The van der Waals surface area contributed by atoms with Crippen LogP contribution in [0.4, 0.5) is 21.9 Å². The summed E-state index contributed by atoms with van der Waals surface area (Å²) < 4.78 is 11.2. The van der Waals surface area contributed by atoms with E-state index in [0.29, 0.717) is 6.54 Å². The van der Waals surface area contributed by atoms with Gasteiger partial charge >= 0.3 is 6.03 Å². The molecule has 214 valence electrons. The first-order valence-electron chi connectivity index (χ1n) is 14.2. The predicted octanol–water partition coefficient (Wildman–Crippen LogP) is 6.89. The van der Waals surface area contributed by atoms with Crippen molar-refractivity contribution in [2.45, 2.75) is 57.8 Å². The maximum Gasteiger partial charge on any atom is 0.319 e. The number of hydrogen-bond acceptors (Lipinski definition) is 5. The Hall–Kier alpha value is -3.87. The van der Waals surface area contributed by atoms with Crippen molar-refractivity contribution in [3.05, 3.63) is 77.4 Å². The fourth-order valence-corrected chi connectivity index (χ4v) is 5.76. The minimum atomic E-state index is -0.243. The number of nitrogens with one attached hydrogen (secondary N) is 2. The first-order chi connectivity index (χ1) is 19.2. The van der Waals surface area contributed by atoms with E-state index in [0.717, 1.165) is 65.6 Å². The Labute approximate surface area is 239 Å². The van der Waals surface area contributed by atoms with Gasteiger partial charge in [0.15, 0.2) is 0 Å². The molecule has 1 aliphatic heterocycles. The first-order valence-corrected chi connectivity index (χ1v) is 14.2. The molecule has 0 bridgehead atoms. The highest BCUT2D eigenvalue weighted by Gasteiger charge is 2.37. The third kappa shape index (κ3) is 6.30. The van der Waals surface area contributed by atoms with Crippen molar-refractivity contribution in [3.63, 3.8) is 0 Å². The molecule has 1 aliphatic rings. The van der Waals surface area contributed by atoms with E-state index in [9.17, 15) is 4.79 Å². The van der Waals surface area contributed by atoms with Crippen LogP contribution in [0.1, 0.15) is 69.1 Å². The molecule has 0 radical (unpaired) electrons. The molecule has 7 nitrogen and oxygen atoms in total. The van der Waals surface area contributed by atoms with Crippen LogP contribution in [-0.2, 0) is 5.41 Å². The quantitative estimate of drug-likeness (QED) is 0.255. The molecule has 7 heteroatoms. The summed E-state index contributed by atoms with van der Waals surface area (Å²) in [4.78, 5) is 15.8. The first kappa shape index (κ1) is 29.1. The van der Waals surface area contributed by atoms with Crippen LogP contribution in [0.2, 0.25) is 0 Å². The SMILES string of the molecule is COc1cccc(C2(CNC(=O)Nc3c(C(C)C)cc(N)cc3C(C)C)CCN(c3ccccc3OC)CC2)c1. The van der Waals surface area contributed by atoms with Gasteiger partial charge < -0.3 is 30.7 Å². The van der Waals surface area contributed by atoms with E-state index < -0.39 is 0 Å². The number of nitrogens with zero attached hydrogens (tertiary/aromatic N) is 1. The maximum atomic E-state index is 13.5. The van der Waals surface area contributed by atoms with Gasteiger partial charge in [-0.25, -0.2) is 4.79 Å². The highest BCUT2D eigenvalue weighted by atomic mass is 16.5. The number of amides is 2. The lowest BCUT2D eigenvalue weighted by Gasteiger charge is -2.43. The molecule has 0 spiro atoms. The summed E-state index contributed by atoms with van der Waals surface area (Å²) in [6.07, 6.45) is 1.74. The van der Waals surface area contributed by atoms with Gasteiger partial charge in [-0.1, -0.05) is 52.0 Å². The Morgan fingerprint density at radius 2 is 1.57 bits per heavy atom. The van der Waals surface area contributed by atoms with Crippen LogP contribution in [0.5, 0.6) is 11.5 Å². The van der Waals surface area contributed by atoms with Crippen molar-refractivity contribution in [3.8, 4) is 11.5 Å². The summed E-state index contributed by atoms with van der Waals surface area (Å²) in [6.45, 7) is 10.7. The number of nitrogens with two attached hydrogens (primary N) is 1. The number of nitrogen functional groups attached to an aromatic ring is 1. The molecular formula is C33H44N4O3. The highest BCUT2D eigenvalue weighted by Crippen LogP contribution is 2.40. The zero-order chi connectivity index (χ0) is 28.9. The number of ether oxygens (including phenoxy) is 2. The molecule has 1 heterocycles. The molecule has 4 N–H and O–H groups in total. The lowest BCUT2D eigenvalue weighted by Crippen LogP contribution is -2.49. The third-order valence-corrected chi connectivity index (χ3v) is 8.12. The molecule has 0 aliphatic carbocycles. The second-order valence-corrected chi connectivity index (χ2v) is 11.4. The zero-order valence-corrected chi connectivity index (χ0v) is 24.7. The van der Waals surface area contributed by atoms with Crippen molar-refractivity contribution >= 4 is 23.1 Å².